The van der Waals surface area contributed by atoms with E-state index in [0.29, 0.717) is 12.8 Å². The summed E-state index contributed by atoms with van der Waals surface area (Å²) in [4.78, 5) is 24.5. The molecule has 0 saturated carbocycles. The zero-order chi connectivity index (χ0) is 14.3. The highest BCUT2D eigenvalue weighted by molar-refractivity contribution is 5.92. The van der Waals surface area contributed by atoms with Crippen LogP contribution in [-0.2, 0) is 16.0 Å². The lowest BCUT2D eigenvalue weighted by Crippen LogP contribution is -2.25. The first-order valence-electron chi connectivity index (χ1n) is 6.26. The standard InChI is InChI=1S/C14H21N3O2/c1-15-10-13(18)16-12-6-4-5-11(9-12)7-8-14(19)17(2)3/h4-6,9,15H,7-8,10H2,1-3H3,(H,16,18). The molecule has 0 saturated heterocycles. The van der Waals surface area contributed by atoms with Crippen LogP contribution >= 0.6 is 0 Å². The molecule has 1 aromatic carbocycles. The van der Waals surface area contributed by atoms with Gasteiger partial charge in [0.25, 0.3) is 0 Å². The molecule has 5 heteroatoms. The Bertz CT molecular complexity index is 444. The third-order valence-corrected chi connectivity index (χ3v) is 2.67. The number of likely N-dealkylation sites (N-methyl/N-ethyl adjacent to an activating group) is 1. The smallest absolute Gasteiger partial charge is 0.238 e. The molecule has 2 amide bonds. The molecule has 0 aromatic heterocycles. The molecular formula is C14H21N3O2. The van der Waals surface area contributed by atoms with E-state index in [1.165, 1.54) is 0 Å². The van der Waals surface area contributed by atoms with Gasteiger partial charge < -0.3 is 15.5 Å². The Morgan fingerprint density at radius 2 is 2.00 bits per heavy atom. The van der Waals surface area contributed by atoms with Crippen LogP contribution in [-0.4, -0.2) is 44.4 Å². The zero-order valence-corrected chi connectivity index (χ0v) is 11.7. The first-order chi connectivity index (χ1) is 9.02. The van der Waals surface area contributed by atoms with Crippen LogP contribution in [0.1, 0.15) is 12.0 Å². The molecule has 0 aliphatic heterocycles. The van der Waals surface area contributed by atoms with E-state index in [0.717, 1.165) is 11.3 Å². The molecule has 1 aromatic rings. The number of benzene rings is 1. The summed E-state index contributed by atoms with van der Waals surface area (Å²) in [6.45, 7) is 0.281. The van der Waals surface area contributed by atoms with Crippen LogP contribution in [0.5, 0.6) is 0 Å². The van der Waals surface area contributed by atoms with Crippen LogP contribution in [0, 0.1) is 0 Å². The molecular weight excluding hydrogens is 242 g/mol. The fraction of sp³-hybridized carbons (Fsp3) is 0.429. The Kier molecular flexibility index (Phi) is 6.02. The van der Waals surface area contributed by atoms with Gasteiger partial charge in [0.15, 0.2) is 0 Å². The summed E-state index contributed by atoms with van der Waals surface area (Å²) in [5.41, 5.74) is 1.80. The van der Waals surface area contributed by atoms with Crippen LogP contribution < -0.4 is 10.6 Å². The molecule has 0 spiro atoms. The van der Waals surface area contributed by atoms with Gasteiger partial charge in [-0.25, -0.2) is 0 Å². The topological polar surface area (TPSA) is 61.4 Å². The Morgan fingerprint density at radius 3 is 2.63 bits per heavy atom. The van der Waals surface area contributed by atoms with E-state index >= 15 is 0 Å². The maximum absolute atomic E-state index is 11.5. The highest BCUT2D eigenvalue weighted by Crippen LogP contribution is 2.12. The summed E-state index contributed by atoms with van der Waals surface area (Å²) in [5.74, 6) is 0.0219. The molecule has 5 nitrogen and oxygen atoms in total. The second-order valence-corrected chi connectivity index (χ2v) is 4.57. The number of amides is 2. The summed E-state index contributed by atoms with van der Waals surface area (Å²) in [6.07, 6.45) is 1.15. The quantitative estimate of drug-likeness (QED) is 0.800. The number of aryl methyl sites for hydroxylation is 1. The number of rotatable bonds is 6. The molecule has 0 heterocycles. The maximum Gasteiger partial charge on any atom is 0.238 e. The molecule has 0 aliphatic rings. The minimum absolute atomic E-state index is 0.0796. The highest BCUT2D eigenvalue weighted by Gasteiger charge is 2.05. The number of anilines is 1. The van der Waals surface area contributed by atoms with Gasteiger partial charge in [-0.2, -0.15) is 0 Å². The lowest BCUT2D eigenvalue weighted by atomic mass is 10.1. The van der Waals surface area contributed by atoms with Gasteiger partial charge in [-0.1, -0.05) is 12.1 Å². The molecule has 2 N–H and O–H groups in total. The van der Waals surface area contributed by atoms with Crippen molar-refractivity contribution in [2.75, 3.05) is 33.0 Å². The van der Waals surface area contributed by atoms with E-state index < -0.39 is 0 Å². The van der Waals surface area contributed by atoms with Crippen LogP contribution in [0.2, 0.25) is 0 Å². The molecule has 104 valence electrons. The van der Waals surface area contributed by atoms with E-state index in [4.69, 9.17) is 0 Å². The summed E-state index contributed by atoms with van der Waals surface area (Å²) >= 11 is 0. The lowest BCUT2D eigenvalue weighted by molar-refractivity contribution is -0.128. The van der Waals surface area contributed by atoms with Gasteiger partial charge in [0.1, 0.15) is 0 Å². The number of carbonyl (C=O) groups excluding carboxylic acids is 2. The number of carbonyl (C=O) groups is 2. The fourth-order valence-corrected chi connectivity index (χ4v) is 1.65. The minimum Gasteiger partial charge on any atom is -0.349 e. The van der Waals surface area contributed by atoms with Crippen molar-refractivity contribution in [2.24, 2.45) is 0 Å². The van der Waals surface area contributed by atoms with E-state index in [-0.39, 0.29) is 18.4 Å². The van der Waals surface area contributed by atoms with Crippen molar-refractivity contribution < 1.29 is 9.59 Å². The third-order valence-electron chi connectivity index (χ3n) is 2.67. The second kappa shape index (κ2) is 7.53. The van der Waals surface area contributed by atoms with Crippen molar-refractivity contribution in [2.45, 2.75) is 12.8 Å². The maximum atomic E-state index is 11.5. The number of nitrogens with one attached hydrogen (secondary N) is 2. The first-order valence-corrected chi connectivity index (χ1v) is 6.26. The molecule has 0 aliphatic carbocycles. The molecule has 19 heavy (non-hydrogen) atoms. The third kappa shape index (κ3) is 5.52. The lowest BCUT2D eigenvalue weighted by Gasteiger charge is -2.10. The minimum atomic E-state index is -0.0796. The second-order valence-electron chi connectivity index (χ2n) is 4.57. The van der Waals surface area contributed by atoms with Gasteiger partial charge in [-0.05, 0) is 31.2 Å². The highest BCUT2D eigenvalue weighted by atomic mass is 16.2. The van der Waals surface area contributed by atoms with E-state index in [2.05, 4.69) is 10.6 Å². The molecule has 0 unspecified atom stereocenters. The number of hydrogen-bond acceptors (Lipinski definition) is 3. The van der Waals surface area contributed by atoms with Gasteiger partial charge in [0.2, 0.25) is 11.8 Å². The monoisotopic (exact) mass is 263 g/mol. The summed E-state index contributed by atoms with van der Waals surface area (Å²) < 4.78 is 0. The van der Waals surface area contributed by atoms with Crippen LogP contribution in [0.25, 0.3) is 0 Å². The summed E-state index contributed by atoms with van der Waals surface area (Å²) in [6, 6.07) is 7.57. The Hall–Kier alpha value is -1.88. The molecule has 0 bridgehead atoms. The Balaban J connectivity index is 2.57. The van der Waals surface area contributed by atoms with Gasteiger partial charge in [0, 0.05) is 26.2 Å². The van der Waals surface area contributed by atoms with Crippen molar-refractivity contribution in [1.82, 2.24) is 10.2 Å². The summed E-state index contributed by atoms with van der Waals surface area (Å²) in [7, 11) is 5.22. The number of hydrogen-bond donors (Lipinski definition) is 2. The van der Waals surface area contributed by atoms with E-state index in [9.17, 15) is 9.59 Å². The molecule has 0 fully saturated rings. The predicted molar refractivity (Wildman–Crippen MR) is 76.0 cm³/mol. The fourth-order valence-electron chi connectivity index (χ4n) is 1.65. The average molecular weight is 263 g/mol. The van der Waals surface area contributed by atoms with Crippen molar-refractivity contribution in [3.63, 3.8) is 0 Å². The Labute approximate surface area is 114 Å². The van der Waals surface area contributed by atoms with Crippen molar-refractivity contribution in [3.8, 4) is 0 Å². The van der Waals surface area contributed by atoms with Gasteiger partial charge >= 0.3 is 0 Å². The van der Waals surface area contributed by atoms with Gasteiger partial charge in [-0.15, -0.1) is 0 Å². The average Bonchev–Trinajstić information content (AvgIpc) is 2.36. The van der Waals surface area contributed by atoms with Gasteiger partial charge in [0.05, 0.1) is 6.54 Å². The van der Waals surface area contributed by atoms with Crippen LogP contribution in [0.4, 0.5) is 5.69 Å². The zero-order valence-electron chi connectivity index (χ0n) is 11.7. The van der Waals surface area contributed by atoms with Crippen LogP contribution in [0.15, 0.2) is 24.3 Å². The largest absolute Gasteiger partial charge is 0.349 e. The van der Waals surface area contributed by atoms with Crippen molar-refractivity contribution >= 4 is 17.5 Å². The van der Waals surface area contributed by atoms with Gasteiger partial charge in [-0.3, -0.25) is 9.59 Å². The van der Waals surface area contributed by atoms with Crippen molar-refractivity contribution in [3.05, 3.63) is 29.8 Å². The predicted octanol–water partition coefficient (Wildman–Crippen LogP) is 0.865. The first kappa shape index (κ1) is 15.2. The Morgan fingerprint density at radius 1 is 1.26 bits per heavy atom. The van der Waals surface area contributed by atoms with E-state index in [1.807, 2.05) is 24.3 Å². The summed E-state index contributed by atoms with van der Waals surface area (Å²) in [5, 5.41) is 5.59. The number of nitrogens with zero attached hydrogens (tertiary/aromatic N) is 1. The van der Waals surface area contributed by atoms with Crippen LogP contribution in [0.3, 0.4) is 0 Å². The molecule has 0 atom stereocenters. The van der Waals surface area contributed by atoms with E-state index in [1.54, 1.807) is 26.0 Å². The SMILES string of the molecule is CNCC(=O)Nc1cccc(CCC(=O)N(C)C)c1. The molecule has 0 radical (unpaired) electrons. The van der Waals surface area contributed by atoms with Crippen molar-refractivity contribution in [1.29, 1.82) is 0 Å². The molecule has 1 rings (SSSR count). The normalized spacial score (nSPS) is 10.1.